The molecule has 0 aliphatic heterocycles. The van der Waals surface area contributed by atoms with E-state index in [1.165, 1.54) is 96.3 Å². The molecular weight excluding hydrogens is 300 g/mol. The van der Waals surface area contributed by atoms with E-state index in [1.807, 2.05) is 0 Å². The summed E-state index contributed by atoms with van der Waals surface area (Å²) in [6, 6.07) is 0. The Kier molecular flexibility index (Phi) is 17.4. The van der Waals surface area contributed by atoms with Gasteiger partial charge in [0.1, 0.15) is 0 Å². The van der Waals surface area contributed by atoms with Crippen molar-refractivity contribution in [2.24, 2.45) is 23.7 Å². The molecule has 0 N–H and O–H groups in total. The second kappa shape index (κ2) is 17.4. The quantitative estimate of drug-likeness (QED) is 0.215. The van der Waals surface area contributed by atoms with Gasteiger partial charge in [-0.05, 0) is 23.7 Å². The molecule has 25 heavy (non-hydrogen) atoms. The van der Waals surface area contributed by atoms with E-state index < -0.39 is 0 Å². The molecule has 4 unspecified atom stereocenters. The van der Waals surface area contributed by atoms with Crippen LogP contribution in [-0.2, 0) is 0 Å². The molecule has 0 saturated heterocycles. The highest BCUT2D eigenvalue weighted by Crippen LogP contribution is 2.24. The molecule has 0 aromatic rings. The van der Waals surface area contributed by atoms with Crippen LogP contribution in [0.25, 0.3) is 0 Å². The van der Waals surface area contributed by atoms with Crippen LogP contribution in [0.1, 0.15) is 138 Å². The molecule has 0 spiro atoms. The maximum Gasteiger partial charge on any atom is -0.0443 e. The SMILES string of the molecule is CCCC(C)CCCCCCCC(C)CCC(C)CCC(C)CCC. The lowest BCUT2D eigenvalue weighted by atomic mass is 9.89. The fourth-order valence-corrected chi connectivity index (χ4v) is 4.22. The lowest BCUT2D eigenvalue weighted by Crippen LogP contribution is -2.03. The van der Waals surface area contributed by atoms with Gasteiger partial charge in [-0.25, -0.2) is 0 Å². The summed E-state index contributed by atoms with van der Waals surface area (Å²) in [5.41, 5.74) is 0. The molecule has 0 aliphatic carbocycles. The summed E-state index contributed by atoms with van der Waals surface area (Å²) in [7, 11) is 0. The summed E-state index contributed by atoms with van der Waals surface area (Å²) >= 11 is 0. The van der Waals surface area contributed by atoms with Crippen molar-refractivity contribution in [3.8, 4) is 0 Å². The highest BCUT2D eigenvalue weighted by Gasteiger charge is 2.09. The van der Waals surface area contributed by atoms with Crippen molar-refractivity contribution in [2.75, 3.05) is 0 Å². The van der Waals surface area contributed by atoms with E-state index >= 15 is 0 Å². The first-order valence-corrected chi connectivity index (χ1v) is 12.0. The Morgan fingerprint density at radius 1 is 0.360 bits per heavy atom. The Morgan fingerprint density at radius 3 is 1.04 bits per heavy atom. The lowest BCUT2D eigenvalue weighted by Gasteiger charge is -2.17. The van der Waals surface area contributed by atoms with Gasteiger partial charge in [0.25, 0.3) is 0 Å². The molecule has 0 bridgehead atoms. The summed E-state index contributed by atoms with van der Waals surface area (Å²) < 4.78 is 0. The Morgan fingerprint density at radius 2 is 0.640 bits per heavy atom. The van der Waals surface area contributed by atoms with Crippen molar-refractivity contribution in [3.63, 3.8) is 0 Å². The third-order valence-electron chi connectivity index (χ3n) is 6.26. The van der Waals surface area contributed by atoms with Gasteiger partial charge in [0.2, 0.25) is 0 Å². The number of unbranched alkanes of at least 4 members (excludes halogenated alkanes) is 4. The smallest absolute Gasteiger partial charge is 0.0443 e. The number of hydrogen-bond donors (Lipinski definition) is 0. The molecule has 0 nitrogen and oxygen atoms in total. The average Bonchev–Trinajstić information content (AvgIpc) is 2.57. The minimum absolute atomic E-state index is 0.937. The van der Waals surface area contributed by atoms with E-state index in [-0.39, 0.29) is 0 Å². The maximum absolute atomic E-state index is 2.48. The van der Waals surface area contributed by atoms with Crippen LogP contribution >= 0.6 is 0 Å². The van der Waals surface area contributed by atoms with Crippen molar-refractivity contribution in [1.29, 1.82) is 0 Å². The van der Waals surface area contributed by atoms with E-state index in [0.29, 0.717) is 0 Å². The van der Waals surface area contributed by atoms with E-state index in [2.05, 4.69) is 41.5 Å². The minimum atomic E-state index is 0.937. The second-order valence-electron chi connectivity index (χ2n) is 9.50. The van der Waals surface area contributed by atoms with E-state index in [4.69, 9.17) is 0 Å². The van der Waals surface area contributed by atoms with Crippen LogP contribution in [0.3, 0.4) is 0 Å². The monoisotopic (exact) mass is 352 g/mol. The van der Waals surface area contributed by atoms with E-state index in [9.17, 15) is 0 Å². The summed E-state index contributed by atoms with van der Waals surface area (Å²) in [6.07, 6.45) is 21.6. The highest BCUT2D eigenvalue weighted by atomic mass is 14.1. The molecule has 0 aromatic carbocycles. The number of hydrogen-bond acceptors (Lipinski definition) is 0. The first kappa shape index (κ1) is 25.0. The van der Waals surface area contributed by atoms with Crippen LogP contribution in [0.5, 0.6) is 0 Å². The van der Waals surface area contributed by atoms with Crippen LogP contribution < -0.4 is 0 Å². The summed E-state index contributed by atoms with van der Waals surface area (Å²) in [5, 5.41) is 0. The topological polar surface area (TPSA) is 0 Å². The highest BCUT2D eigenvalue weighted by molar-refractivity contribution is 4.62. The Bertz CT molecular complexity index is 257. The van der Waals surface area contributed by atoms with Crippen LogP contribution in [0, 0.1) is 23.7 Å². The largest absolute Gasteiger partial charge is 0.0654 e. The van der Waals surface area contributed by atoms with Gasteiger partial charge in [-0.3, -0.25) is 0 Å². The third kappa shape index (κ3) is 17.2. The van der Waals surface area contributed by atoms with Crippen molar-refractivity contribution in [1.82, 2.24) is 0 Å². The molecule has 4 atom stereocenters. The van der Waals surface area contributed by atoms with Gasteiger partial charge >= 0.3 is 0 Å². The molecule has 0 aliphatic rings. The summed E-state index contributed by atoms with van der Waals surface area (Å²) in [5.74, 6) is 3.78. The lowest BCUT2D eigenvalue weighted by molar-refractivity contribution is 0.354. The van der Waals surface area contributed by atoms with Gasteiger partial charge < -0.3 is 0 Å². The maximum atomic E-state index is 2.48. The van der Waals surface area contributed by atoms with Gasteiger partial charge in [0, 0.05) is 0 Å². The molecule has 0 fully saturated rings. The molecule has 152 valence electrons. The molecule has 0 amide bonds. The standard InChI is InChI=1S/C25H52/c1-7-14-22(3)16-12-10-9-11-13-17-24(5)19-21-25(6)20-18-23(4)15-8-2/h22-25H,7-21H2,1-6H3. The number of rotatable bonds is 18. The molecule has 0 heteroatoms. The van der Waals surface area contributed by atoms with Crippen molar-refractivity contribution < 1.29 is 0 Å². The second-order valence-corrected chi connectivity index (χ2v) is 9.50. The Hall–Kier alpha value is 0. The Labute approximate surface area is 161 Å². The molecular formula is C25H52. The normalized spacial score (nSPS) is 16.6. The predicted octanol–water partition coefficient (Wildman–Crippen LogP) is 9.42. The zero-order valence-electron chi connectivity index (χ0n) is 18.9. The zero-order valence-corrected chi connectivity index (χ0v) is 18.9. The predicted molar refractivity (Wildman–Crippen MR) is 117 cm³/mol. The van der Waals surface area contributed by atoms with Gasteiger partial charge in [0.05, 0.1) is 0 Å². The summed E-state index contributed by atoms with van der Waals surface area (Å²) in [4.78, 5) is 0. The Balaban J connectivity index is 3.44. The first-order chi connectivity index (χ1) is 12.0. The fourth-order valence-electron chi connectivity index (χ4n) is 4.22. The van der Waals surface area contributed by atoms with Crippen LogP contribution in [0.15, 0.2) is 0 Å². The van der Waals surface area contributed by atoms with Crippen molar-refractivity contribution >= 4 is 0 Å². The van der Waals surface area contributed by atoms with Crippen molar-refractivity contribution in [3.05, 3.63) is 0 Å². The molecule has 0 saturated carbocycles. The van der Waals surface area contributed by atoms with E-state index in [1.54, 1.807) is 0 Å². The fraction of sp³-hybridized carbons (Fsp3) is 1.00. The minimum Gasteiger partial charge on any atom is -0.0654 e. The summed E-state index contributed by atoms with van der Waals surface area (Å²) in [6.45, 7) is 14.4. The van der Waals surface area contributed by atoms with Gasteiger partial charge in [0.15, 0.2) is 0 Å². The third-order valence-corrected chi connectivity index (χ3v) is 6.26. The average molecular weight is 353 g/mol. The molecule has 0 heterocycles. The van der Waals surface area contributed by atoms with Gasteiger partial charge in [-0.2, -0.15) is 0 Å². The zero-order chi connectivity index (χ0) is 18.9. The molecule has 0 aromatic heterocycles. The first-order valence-electron chi connectivity index (χ1n) is 12.0. The van der Waals surface area contributed by atoms with Crippen LogP contribution in [0.4, 0.5) is 0 Å². The molecule has 0 rings (SSSR count). The van der Waals surface area contributed by atoms with Gasteiger partial charge in [-0.1, -0.05) is 138 Å². The van der Waals surface area contributed by atoms with Crippen LogP contribution in [0.2, 0.25) is 0 Å². The van der Waals surface area contributed by atoms with Gasteiger partial charge in [-0.15, -0.1) is 0 Å². The van der Waals surface area contributed by atoms with Crippen molar-refractivity contribution in [2.45, 2.75) is 138 Å². The van der Waals surface area contributed by atoms with Crippen LogP contribution in [-0.4, -0.2) is 0 Å². The van der Waals surface area contributed by atoms with E-state index in [0.717, 1.165) is 23.7 Å². The molecule has 0 radical (unpaired) electrons.